The van der Waals surface area contributed by atoms with Gasteiger partial charge in [-0.1, -0.05) is 0 Å². The highest BCUT2D eigenvalue weighted by Crippen LogP contribution is 2.34. The first-order chi connectivity index (χ1) is 8.95. The summed E-state index contributed by atoms with van der Waals surface area (Å²) in [6, 6.07) is 4.42. The lowest BCUT2D eigenvalue weighted by Crippen LogP contribution is -2.43. The lowest BCUT2D eigenvalue weighted by Gasteiger charge is -2.28. The maximum atomic E-state index is 13.3. The summed E-state index contributed by atoms with van der Waals surface area (Å²) >= 11 is 0. The Morgan fingerprint density at radius 1 is 1.47 bits per heavy atom. The molecule has 0 aromatic heterocycles. The molecule has 0 fully saturated rings. The molecule has 0 aliphatic carbocycles. The topological polar surface area (TPSA) is 41.6 Å². The minimum Gasteiger partial charge on any atom is -0.383 e. The van der Waals surface area contributed by atoms with E-state index in [0.717, 1.165) is 0 Å². The highest BCUT2D eigenvalue weighted by molar-refractivity contribution is 6.01. The van der Waals surface area contributed by atoms with Crippen LogP contribution in [0.3, 0.4) is 0 Å². The van der Waals surface area contributed by atoms with Crippen LogP contribution in [0.5, 0.6) is 0 Å². The predicted octanol–water partition coefficient (Wildman–Crippen LogP) is 2.26. The number of nitrogens with one attached hydrogen (secondary N) is 1. The van der Waals surface area contributed by atoms with E-state index in [0.29, 0.717) is 31.1 Å². The molecule has 1 N–H and O–H groups in total. The number of rotatable bonds is 3. The maximum absolute atomic E-state index is 13.3. The van der Waals surface area contributed by atoms with Crippen LogP contribution in [0.15, 0.2) is 18.2 Å². The zero-order chi connectivity index (χ0) is 14.0. The van der Waals surface area contributed by atoms with E-state index in [1.807, 2.05) is 13.8 Å². The molecule has 104 valence electrons. The predicted molar refractivity (Wildman–Crippen MR) is 72.9 cm³/mol. The van der Waals surface area contributed by atoms with E-state index in [4.69, 9.17) is 4.74 Å². The second-order valence-electron chi connectivity index (χ2n) is 5.35. The molecule has 0 atom stereocenters. The number of halogens is 1. The van der Waals surface area contributed by atoms with E-state index in [-0.39, 0.29) is 11.7 Å². The van der Waals surface area contributed by atoms with Crippen LogP contribution >= 0.6 is 0 Å². The highest BCUT2D eigenvalue weighted by atomic mass is 19.1. The summed E-state index contributed by atoms with van der Waals surface area (Å²) in [6.45, 7) is 5.14. The Bertz CT molecular complexity index is 488. The van der Waals surface area contributed by atoms with Gasteiger partial charge in [0.15, 0.2) is 0 Å². The summed E-state index contributed by atoms with van der Waals surface area (Å²) in [4.78, 5) is 14.2. The third kappa shape index (κ3) is 2.71. The number of methoxy groups -OCH3 is 1. The number of hydrogen-bond donors (Lipinski definition) is 1. The van der Waals surface area contributed by atoms with Crippen LogP contribution in [0.1, 0.15) is 13.8 Å². The molecule has 1 heterocycles. The van der Waals surface area contributed by atoms with Crippen LogP contribution in [0.4, 0.5) is 15.8 Å². The second kappa shape index (κ2) is 5.17. The van der Waals surface area contributed by atoms with Crippen LogP contribution in [0, 0.1) is 11.2 Å². The number of anilines is 2. The number of fused-ring (bicyclic) bond motifs is 1. The molecule has 1 amide bonds. The lowest BCUT2D eigenvalue weighted by molar-refractivity contribution is -0.126. The average molecular weight is 266 g/mol. The fourth-order valence-electron chi connectivity index (χ4n) is 2.16. The van der Waals surface area contributed by atoms with Crippen molar-refractivity contribution in [3.63, 3.8) is 0 Å². The third-order valence-electron chi connectivity index (χ3n) is 3.31. The SMILES string of the molecule is COCCN1C(=O)C(C)(C)CNc2cc(F)ccc21. The summed E-state index contributed by atoms with van der Waals surface area (Å²) in [7, 11) is 1.59. The van der Waals surface area contributed by atoms with Crippen LogP contribution in [0.25, 0.3) is 0 Å². The molecule has 4 nitrogen and oxygen atoms in total. The van der Waals surface area contributed by atoms with E-state index in [2.05, 4.69) is 5.32 Å². The highest BCUT2D eigenvalue weighted by Gasteiger charge is 2.36. The number of nitrogens with zero attached hydrogens (tertiary/aromatic N) is 1. The van der Waals surface area contributed by atoms with E-state index in [1.54, 1.807) is 18.1 Å². The fraction of sp³-hybridized carbons (Fsp3) is 0.500. The summed E-state index contributed by atoms with van der Waals surface area (Å²) in [5, 5.41) is 3.15. The molecule has 2 rings (SSSR count). The van der Waals surface area contributed by atoms with Gasteiger partial charge < -0.3 is 15.0 Å². The largest absolute Gasteiger partial charge is 0.383 e. The third-order valence-corrected chi connectivity index (χ3v) is 3.31. The zero-order valence-electron chi connectivity index (χ0n) is 11.5. The van der Waals surface area contributed by atoms with Crippen molar-refractivity contribution < 1.29 is 13.9 Å². The molecule has 1 aliphatic rings. The van der Waals surface area contributed by atoms with Crippen LogP contribution in [-0.2, 0) is 9.53 Å². The molecule has 19 heavy (non-hydrogen) atoms. The molecular formula is C14H19FN2O2. The maximum Gasteiger partial charge on any atom is 0.234 e. The summed E-state index contributed by atoms with van der Waals surface area (Å²) in [5.74, 6) is -0.299. The molecule has 0 saturated heterocycles. The minimum absolute atomic E-state index is 0.0161. The van der Waals surface area contributed by atoms with Gasteiger partial charge in [0.05, 0.1) is 23.4 Å². The Morgan fingerprint density at radius 2 is 2.21 bits per heavy atom. The Labute approximate surface area is 112 Å². The van der Waals surface area contributed by atoms with Gasteiger partial charge in [-0.15, -0.1) is 0 Å². The van der Waals surface area contributed by atoms with Gasteiger partial charge in [0.25, 0.3) is 0 Å². The smallest absolute Gasteiger partial charge is 0.234 e. The number of hydrogen-bond acceptors (Lipinski definition) is 3. The van der Waals surface area contributed by atoms with Crippen molar-refractivity contribution in [3.05, 3.63) is 24.0 Å². The van der Waals surface area contributed by atoms with Gasteiger partial charge in [-0.05, 0) is 32.0 Å². The second-order valence-corrected chi connectivity index (χ2v) is 5.35. The fourth-order valence-corrected chi connectivity index (χ4v) is 2.16. The Kier molecular flexibility index (Phi) is 3.75. The first-order valence-electron chi connectivity index (χ1n) is 6.30. The van der Waals surface area contributed by atoms with Gasteiger partial charge >= 0.3 is 0 Å². The van der Waals surface area contributed by atoms with Crippen molar-refractivity contribution >= 4 is 17.3 Å². The lowest BCUT2D eigenvalue weighted by atomic mass is 9.92. The number of benzene rings is 1. The van der Waals surface area contributed by atoms with Crippen LogP contribution in [-0.4, -0.2) is 32.7 Å². The van der Waals surface area contributed by atoms with Gasteiger partial charge in [0, 0.05) is 20.2 Å². The molecule has 1 aromatic rings. The van der Waals surface area contributed by atoms with Crippen LogP contribution < -0.4 is 10.2 Å². The number of ether oxygens (including phenoxy) is 1. The van der Waals surface area contributed by atoms with E-state index in [1.165, 1.54) is 12.1 Å². The quantitative estimate of drug-likeness (QED) is 0.912. The van der Waals surface area contributed by atoms with Crippen molar-refractivity contribution in [3.8, 4) is 0 Å². The van der Waals surface area contributed by atoms with Crippen molar-refractivity contribution in [1.82, 2.24) is 0 Å². The standard InChI is InChI=1S/C14H19FN2O2/c1-14(2)9-16-11-8-10(15)4-5-12(11)17(13(14)18)6-7-19-3/h4-5,8,16H,6-7,9H2,1-3H3. The number of amides is 1. The summed E-state index contributed by atoms with van der Waals surface area (Å²) in [6.07, 6.45) is 0. The van der Waals surface area contributed by atoms with E-state index in [9.17, 15) is 9.18 Å². The summed E-state index contributed by atoms with van der Waals surface area (Å²) in [5.41, 5.74) is 0.813. The van der Waals surface area contributed by atoms with Gasteiger partial charge in [-0.2, -0.15) is 0 Å². The van der Waals surface area contributed by atoms with Crippen molar-refractivity contribution in [1.29, 1.82) is 0 Å². The average Bonchev–Trinajstić information content (AvgIpc) is 2.46. The van der Waals surface area contributed by atoms with E-state index >= 15 is 0 Å². The first-order valence-corrected chi connectivity index (χ1v) is 6.30. The van der Waals surface area contributed by atoms with Crippen molar-refractivity contribution in [2.24, 2.45) is 5.41 Å². The zero-order valence-corrected chi connectivity index (χ0v) is 11.5. The molecule has 1 aliphatic heterocycles. The molecule has 0 spiro atoms. The molecule has 1 aromatic carbocycles. The Morgan fingerprint density at radius 3 is 2.89 bits per heavy atom. The molecule has 0 unspecified atom stereocenters. The Hall–Kier alpha value is -1.62. The van der Waals surface area contributed by atoms with Gasteiger partial charge in [-0.3, -0.25) is 4.79 Å². The van der Waals surface area contributed by atoms with Gasteiger partial charge in [0.2, 0.25) is 5.91 Å². The molecule has 5 heteroatoms. The van der Waals surface area contributed by atoms with E-state index < -0.39 is 5.41 Å². The molecule has 0 bridgehead atoms. The molecule has 0 saturated carbocycles. The van der Waals surface area contributed by atoms with Crippen molar-refractivity contribution in [2.75, 3.05) is 37.0 Å². The van der Waals surface area contributed by atoms with Gasteiger partial charge in [-0.25, -0.2) is 4.39 Å². The number of carbonyl (C=O) groups is 1. The molecule has 0 radical (unpaired) electrons. The first kappa shape index (κ1) is 13.8. The Balaban J connectivity index is 2.43. The minimum atomic E-state index is -0.538. The van der Waals surface area contributed by atoms with Crippen molar-refractivity contribution in [2.45, 2.75) is 13.8 Å². The number of carbonyl (C=O) groups excluding carboxylic acids is 1. The normalized spacial score (nSPS) is 17.7. The summed E-state index contributed by atoms with van der Waals surface area (Å²) < 4.78 is 18.4. The van der Waals surface area contributed by atoms with Crippen LogP contribution in [0.2, 0.25) is 0 Å². The monoisotopic (exact) mass is 266 g/mol. The van der Waals surface area contributed by atoms with Gasteiger partial charge in [0.1, 0.15) is 5.82 Å². The molecular weight excluding hydrogens is 247 g/mol.